The molecule has 0 amide bonds. The third-order valence-corrected chi connectivity index (χ3v) is 2.17. The number of ketones is 1. The van der Waals surface area contributed by atoms with Crippen LogP contribution in [-0.2, 0) is 9.53 Å². The number of carbonyl (C=O) groups excluding carboxylic acids is 1. The molecule has 1 unspecified atom stereocenters. The van der Waals surface area contributed by atoms with Crippen LogP contribution >= 0.6 is 0 Å². The third kappa shape index (κ3) is 4.10. The number of carbonyl (C=O) groups is 2. The quantitative estimate of drug-likeness (QED) is 0.383. The van der Waals surface area contributed by atoms with Gasteiger partial charge in [0.2, 0.25) is 11.9 Å². The molecule has 1 rings (SSSR count). The van der Waals surface area contributed by atoms with Crippen LogP contribution in [-0.4, -0.2) is 36.7 Å². The Labute approximate surface area is 129 Å². The molecule has 0 fully saturated rings. The number of methoxy groups -OCH3 is 1. The van der Waals surface area contributed by atoms with Gasteiger partial charge in [-0.25, -0.2) is 4.79 Å². The Morgan fingerprint density at radius 1 is 1.39 bits per heavy atom. The summed E-state index contributed by atoms with van der Waals surface area (Å²) in [5.41, 5.74) is 0.204. The molecule has 0 radical (unpaired) electrons. The summed E-state index contributed by atoms with van der Waals surface area (Å²) < 4.78 is 9.92. The van der Waals surface area contributed by atoms with E-state index < -0.39 is 17.9 Å². The summed E-state index contributed by atoms with van der Waals surface area (Å²) in [4.78, 5) is 22.9. The first-order valence-electron chi connectivity index (χ1n) is 5.13. The topological polar surface area (TPSA) is 72.8 Å². The first-order chi connectivity index (χ1) is 8.11. The number of carboxylic acids is 1. The number of ether oxygens (including phenoxy) is 2. The van der Waals surface area contributed by atoms with Crippen LogP contribution in [0.25, 0.3) is 0 Å². The summed E-state index contributed by atoms with van der Waals surface area (Å²) in [7, 11) is 1.42. The van der Waals surface area contributed by atoms with Gasteiger partial charge in [0.05, 0.1) is 12.7 Å². The van der Waals surface area contributed by atoms with Crippen molar-refractivity contribution in [1.29, 1.82) is 0 Å². The molecular formula is C12H15NaO5. The van der Waals surface area contributed by atoms with Gasteiger partial charge in [0.15, 0.2) is 0 Å². The van der Waals surface area contributed by atoms with Crippen molar-refractivity contribution >= 4 is 11.8 Å². The van der Waals surface area contributed by atoms with E-state index in [0.29, 0.717) is 5.75 Å². The molecule has 1 N–H and O–H groups in total. The monoisotopic (exact) mass is 262 g/mol. The van der Waals surface area contributed by atoms with Crippen LogP contribution in [0.2, 0.25) is 0 Å². The number of Topliss-reactive ketones (excluding diaryl/α,β-unsaturated/α-hetero) is 1. The van der Waals surface area contributed by atoms with Crippen LogP contribution in [0, 0.1) is 0 Å². The van der Waals surface area contributed by atoms with Crippen molar-refractivity contribution in [3.8, 4) is 5.75 Å². The van der Waals surface area contributed by atoms with E-state index >= 15 is 0 Å². The molecule has 0 spiro atoms. The predicted octanol–water partition coefficient (Wildman–Crippen LogP) is -1.52. The average Bonchev–Trinajstić information content (AvgIpc) is 2.34. The van der Waals surface area contributed by atoms with E-state index in [1.165, 1.54) is 13.2 Å². The SMILES string of the molecule is CCOC(C(=O)O)C(=O)c1ccccc1OC.[H-].[Na+]. The molecule has 94 valence electrons. The van der Waals surface area contributed by atoms with Crippen LogP contribution in [0.4, 0.5) is 0 Å². The van der Waals surface area contributed by atoms with E-state index in [9.17, 15) is 9.59 Å². The second kappa shape index (κ2) is 8.26. The zero-order chi connectivity index (χ0) is 12.8. The van der Waals surface area contributed by atoms with E-state index in [4.69, 9.17) is 14.6 Å². The minimum atomic E-state index is -1.49. The number of hydrogen-bond acceptors (Lipinski definition) is 4. The largest absolute Gasteiger partial charge is 1.00 e. The van der Waals surface area contributed by atoms with E-state index in [2.05, 4.69) is 0 Å². The van der Waals surface area contributed by atoms with Gasteiger partial charge in [0.1, 0.15) is 5.75 Å². The van der Waals surface area contributed by atoms with Crippen molar-refractivity contribution in [3.63, 3.8) is 0 Å². The van der Waals surface area contributed by atoms with Crippen molar-refractivity contribution in [2.24, 2.45) is 0 Å². The smallest absolute Gasteiger partial charge is 1.00 e. The molecule has 18 heavy (non-hydrogen) atoms. The fourth-order valence-electron chi connectivity index (χ4n) is 1.42. The van der Waals surface area contributed by atoms with Crippen molar-refractivity contribution in [3.05, 3.63) is 29.8 Å². The number of aliphatic carboxylic acids is 1. The summed E-state index contributed by atoms with van der Waals surface area (Å²) in [5.74, 6) is -1.58. The molecule has 1 aromatic rings. The van der Waals surface area contributed by atoms with Gasteiger partial charge in [-0.1, -0.05) is 12.1 Å². The predicted molar refractivity (Wildman–Crippen MR) is 61.5 cm³/mol. The standard InChI is InChI=1S/C12H14O5.Na.H/c1-3-17-11(12(14)15)10(13)8-6-4-5-7-9(8)16-2;;/h4-7,11H,3H2,1-2H3,(H,14,15);;/q;+1;-1. The van der Waals surface area contributed by atoms with Crippen molar-refractivity contribution in [1.82, 2.24) is 0 Å². The first kappa shape index (κ1) is 17.1. The first-order valence-corrected chi connectivity index (χ1v) is 5.13. The fraction of sp³-hybridized carbons (Fsp3) is 0.333. The summed E-state index contributed by atoms with van der Waals surface area (Å²) >= 11 is 0. The molecule has 1 aromatic carbocycles. The molecule has 0 saturated heterocycles. The van der Waals surface area contributed by atoms with Crippen LogP contribution < -0.4 is 34.3 Å². The molecule has 0 aliphatic rings. The summed E-state index contributed by atoms with van der Waals surface area (Å²) in [6, 6.07) is 6.45. The maximum absolute atomic E-state index is 12.0. The minimum absolute atomic E-state index is 0. The zero-order valence-corrected chi connectivity index (χ0v) is 12.7. The van der Waals surface area contributed by atoms with Gasteiger partial charge in [-0.3, -0.25) is 4.79 Å². The number of rotatable bonds is 6. The van der Waals surface area contributed by atoms with Crippen LogP contribution in [0.1, 0.15) is 18.7 Å². The second-order valence-corrected chi connectivity index (χ2v) is 3.24. The Bertz CT molecular complexity index is 424. The van der Waals surface area contributed by atoms with Gasteiger partial charge in [-0.15, -0.1) is 0 Å². The number of hydrogen-bond donors (Lipinski definition) is 1. The molecule has 6 heteroatoms. The van der Waals surface area contributed by atoms with E-state index in [0.717, 1.165) is 0 Å². The van der Waals surface area contributed by atoms with Gasteiger partial charge in [-0.2, -0.15) is 0 Å². The number of carboxylic acid groups (broad SMARTS) is 1. The van der Waals surface area contributed by atoms with Gasteiger partial charge in [0, 0.05) is 6.61 Å². The third-order valence-electron chi connectivity index (χ3n) is 2.17. The van der Waals surface area contributed by atoms with Crippen molar-refractivity contribution < 1.29 is 55.2 Å². The zero-order valence-electron chi connectivity index (χ0n) is 11.7. The maximum atomic E-state index is 12.0. The van der Waals surface area contributed by atoms with Crippen molar-refractivity contribution in [2.45, 2.75) is 13.0 Å². The summed E-state index contributed by atoms with van der Waals surface area (Å²) in [5, 5.41) is 8.91. The second-order valence-electron chi connectivity index (χ2n) is 3.24. The van der Waals surface area contributed by atoms with Crippen LogP contribution in [0.3, 0.4) is 0 Å². The van der Waals surface area contributed by atoms with Gasteiger partial charge >= 0.3 is 35.5 Å². The van der Waals surface area contributed by atoms with E-state index in [1.54, 1.807) is 25.1 Å². The molecule has 0 bridgehead atoms. The van der Waals surface area contributed by atoms with Crippen LogP contribution in [0.15, 0.2) is 24.3 Å². The summed E-state index contributed by atoms with van der Waals surface area (Å²) in [6.45, 7) is 1.78. The summed E-state index contributed by atoms with van der Waals surface area (Å²) in [6.07, 6.45) is -1.49. The molecule has 0 aliphatic carbocycles. The molecule has 5 nitrogen and oxygen atoms in total. The number of benzene rings is 1. The molecular weight excluding hydrogens is 247 g/mol. The van der Waals surface area contributed by atoms with E-state index in [-0.39, 0.29) is 43.2 Å². The van der Waals surface area contributed by atoms with Crippen LogP contribution in [0.5, 0.6) is 5.75 Å². The molecule has 0 heterocycles. The normalized spacial score (nSPS) is 11.2. The Kier molecular flexibility index (Phi) is 7.86. The number of para-hydroxylation sites is 1. The molecule has 1 atom stereocenters. The molecule has 0 saturated carbocycles. The average molecular weight is 262 g/mol. The molecule has 0 aromatic heterocycles. The Hall–Kier alpha value is -0.880. The maximum Gasteiger partial charge on any atom is 1.00 e. The Morgan fingerprint density at radius 3 is 2.50 bits per heavy atom. The van der Waals surface area contributed by atoms with E-state index in [1.807, 2.05) is 0 Å². The molecule has 0 aliphatic heterocycles. The van der Waals surface area contributed by atoms with Crippen molar-refractivity contribution in [2.75, 3.05) is 13.7 Å². The van der Waals surface area contributed by atoms with Gasteiger partial charge < -0.3 is 16.0 Å². The van der Waals surface area contributed by atoms with Gasteiger partial charge in [-0.05, 0) is 19.1 Å². The Morgan fingerprint density at radius 2 is 2.00 bits per heavy atom. The van der Waals surface area contributed by atoms with Gasteiger partial charge in [0.25, 0.3) is 0 Å². The Balaban J connectivity index is 0. The fourth-order valence-corrected chi connectivity index (χ4v) is 1.42. The minimum Gasteiger partial charge on any atom is -1.00 e.